The third-order valence-corrected chi connectivity index (χ3v) is 3.49. The van der Waals surface area contributed by atoms with Crippen LogP contribution in [0, 0.1) is 0 Å². The van der Waals surface area contributed by atoms with Crippen molar-refractivity contribution in [2.24, 2.45) is 0 Å². The quantitative estimate of drug-likeness (QED) is 0.703. The second-order valence-electron chi connectivity index (χ2n) is 4.92. The maximum atomic E-state index is 10.2. The Morgan fingerprint density at radius 2 is 2.00 bits per heavy atom. The smallest absolute Gasteiger partial charge is 0.0804 e. The first-order valence-corrected chi connectivity index (χ1v) is 6.52. The molecule has 1 aromatic rings. The molecule has 0 spiro atoms. The molecule has 1 aromatic carbocycles. The van der Waals surface area contributed by atoms with E-state index in [2.05, 4.69) is 5.32 Å². The lowest BCUT2D eigenvalue weighted by atomic mass is 9.99. The average molecular weight is 234 g/mol. The average Bonchev–Trinajstić information content (AvgIpc) is 2.58. The van der Waals surface area contributed by atoms with Crippen LogP contribution in [-0.2, 0) is 0 Å². The summed E-state index contributed by atoms with van der Waals surface area (Å²) in [4.78, 5) is 0. The fourth-order valence-corrected chi connectivity index (χ4v) is 2.43. The topological polar surface area (TPSA) is 58.3 Å². The summed E-state index contributed by atoms with van der Waals surface area (Å²) in [5.74, 6) is 0. The van der Waals surface area contributed by atoms with Gasteiger partial charge in [0.15, 0.2) is 0 Å². The molecule has 0 saturated carbocycles. The first-order valence-electron chi connectivity index (χ1n) is 6.52. The van der Waals surface area contributed by atoms with Gasteiger partial charge in [-0.1, -0.05) is 25.0 Å². The molecule has 3 heteroatoms. The first kappa shape index (κ1) is 12.4. The molecule has 2 rings (SSSR count). The number of aliphatic hydroxyl groups is 1. The predicted octanol–water partition coefficient (Wildman–Crippen LogP) is 2.22. The number of benzene rings is 1. The standard InChI is InChI=1S/C14H22N2O/c15-12-7-5-11(6-8-12)14(17)10-13-4-2-1-3-9-16-13/h5-8,13-14,16-17H,1-4,9-10,15H2. The number of nitrogen functional groups attached to an aromatic ring is 1. The van der Waals surface area contributed by atoms with Crippen LogP contribution < -0.4 is 11.1 Å². The van der Waals surface area contributed by atoms with Gasteiger partial charge in [0, 0.05) is 11.7 Å². The van der Waals surface area contributed by atoms with Crippen molar-refractivity contribution in [3.8, 4) is 0 Å². The number of nitrogens with two attached hydrogens (primary N) is 1. The van der Waals surface area contributed by atoms with Gasteiger partial charge in [-0.05, 0) is 43.5 Å². The van der Waals surface area contributed by atoms with Crippen molar-refractivity contribution in [1.82, 2.24) is 5.32 Å². The van der Waals surface area contributed by atoms with Gasteiger partial charge in [0.1, 0.15) is 0 Å². The minimum absolute atomic E-state index is 0.383. The summed E-state index contributed by atoms with van der Waals surface area (Å²) in [6.45, 7) is 1.08. The van der Waals surface area contributed by atoms with E-state index in [1.165, 1.54) is 25.7 Å². The third kappa shape index (κ3) is 3.72. The van der Waals surface area contributed by atoms with Crippen molar-refractivity contribution >= 4 is 5.69 Å². The number of rotatable bonds is 3. The highest BCUT2D eigenvalue weighted by Gasteiger charge is 2.17. The minimum Gasteiger partial charge on any atom is -0.399 e. The second kappa shape index (κ2) is 6.03. The molecule has 0 aromatic heterocycles. The number of hydrogen-bond acceptors (Lipinski definition) is 3. The molecule has 1 heterocycles. The number of anilines is 1. The van der Waals surface area contributed by atoms with E-state index in [1.54, 1.807) is 0 Å². The van der Waals surface area contributed by atoms with Crippen LogP contribution in [0.3, 0.4) is 0 Å². The lowest BCUT2D eigenvalue weighted by Gasteiger charge is -2.20. The van der Waals surface area contributed by atoms with Gasteiger partial charge >= 0.3 is 0 Å². The summed E-state index contributed by atoms with van der Waals surface area (Å²) in [5.41, 5.74) is 7.34. The van der Waals surface area contributed by atoms with Gasteiger partial charge < -0.3 is 16.2 Å². The summed E-state index contributed by atoms with van der Waals surface area (Å²) >= 11 is 0. The summed E-state index contributed by atoms with van der Waals surface area (Å²) < 4.78 is 0. The van der Waals surface area contributed by atoms with E-state index >= 15 is 0 Å². The van der Waals surface area contributed by atoms with E-state index in [-0.39, 0.29) is 6.10 Å². The van der Waals surface area contributed by atoms with Crippen molar-refractivity contribution in [3.63, 3.8) is 0 Å². The predicted molar refractivity (Wildman–Crippen MR) is 70.7 cm³/mol. The number of hydrogen-bond donors (Lipinski definition) is 3. The van der Waals surface area contributed by atoms with Gasteiger partial charge in [0.25, 0.3) is 0 Å². The number of aliphatic hydroxyl groups excluding tert-OH is 1. The zero-order chi connectivity index (χ0) is 12.1. The molecule has 94 valence electrons. The van der Waals surface area contributed by atoms with Crippen molar-refractivity contribution in [2.75, 3.05) is 12.3 Å². The van der Waals surface area contributed by atoms with Crippen LogP contribution in [0.1, 0.15) is 43.8 Å². The Labute approximate surface area is 103 Å². The van der Waals surface area contributed by atoms with E-state index in [1.807, 2.05) is 24.3 Å². The van der Waals surface area contributed by atoms with Crippen LogP contribution in [0.2, 0.25) is 0 Å². The van der Waals surface area contributed by atoms with Crippen LogP contribution in [-0.4, -0.2) is 17.7 Å². The highest BCUT2D eigenvalue weighted by Crippen LogP contribution is 2.22. The lowest BCUT2D eigenvalue weighted by molar-refractivity contribution is 0.150. The Hall–Kier alpha value is -1.06. The first-order chi connectivity index (χ1) is 8.25. The van der Waals surface area contributed by atoms with Crippen LogP contribution >= 0.6 is 0 Å². The van der Waals surface area contributed by atoms with Crippen LogP contribution in [0.4, 0.5) is 5.69 Å². The maximum Gasteiger partial charge on any atom is 0.0804 e. The Bertz CT molecular complexity index is 329. The molecule has 1 aliphatic rings. The Kier molecular flexibility index (Phi) is 4.40. The Morgan fingerprint density at radius 3 is 2.76 bits per heavy atom. The van der Waals surface area contributed by atoms with Crippen molar-refractivity contribution in [2.45, 2.75) is 44.2 Å². The van der Waals surface area contributed by atoms with E-state index in [0.717, 1.165) is 24.2 Å². The van der Waals surface area contributed by atoms with E-state index < -0.39 is 0 Å². The molecule has 2 atom stereocenters. The van der Waals surface area contributed by atoms with E-state index in [9.17, 15) is 5.11 Å². The fraction of sp³-hybridized carbons (Fsp3) is 0.571. The van der Waals surface area contributed by atoms with Crippen LogP contribution in [0.5, 0.6) is 0 Å². The zero-order valence-corrected chi connectivity index (χ0v) is 10.2. The Morgan fingerprint density at radius 1 is 1.24 bits per heavy atom. The number of nitrogens with one attached hydrogen (secondary N) is 1. The molecule has 4 N–H and O–H groups in total. The molecule has 2 unspecified atom stereocenters. The normalized spacial score (nSPS) is 23.0. The summed E-state index contributed by atoms with van der Waals surface area (Å²) in [5, 5.41) is 13.7. The molecule has 1 fully saturated rings. The largest absolute Gasteiger partial charge is 0.399 e. The van der Waals surface area contributed by atoms with Crippen LogP contribution in [0.25, 0.3) is 0 Å². The summed E-state index contributed by atoms with van der Waals surface area (Å²) in [6, 6.07) is 7.97. The van der Waals surface area contributed by atoms with Gasteiger partial charge in [-0.15, -0.1) is 0 Å². The molecule has 1 aliphatic heterocycles. The SMILES string of the molecule is Nc1ccc(C(O)CC2CCCCCN2)cc1. The van der Waals surface area contributed by atoms with Gasteiger partial charge in [-0.25, -0.2) is 0 Å². The van der Waals surface area contributed by atoms with Gasteiger partial charge in [-0.3, -0.25) is 0 Å². The summed E-state index contributed by atoms with van der Waals surface area (Å²) in [6.07, 6.45) is 5.42. The third-order valence-electron chi connectivity index (χ3n) is 3.49. The lowest BCUT2D eigenvalue weighted by Crippen LogP contribution is -2.29. The minimum atomic E-state index is -0.383. The molecule has 17 heavy (non-hydrogen) atoms. The molecule has 1 saturated heterocycles. The fourth-order valence-electron chi connectivity index (χ4n) is 2.43. The van der Waals surface area contributed by atoms with Crippen molar-refractivity contribution < 1.29 is 5.11 Å². The van der Waals surface area contributed by atoms with E-state index in [0.29, 0.717) is 6.04 Å². The molecular formula is C14H22N2O. The monoisotopic (exact) mass is 234 g/mol. The molecule has 0 bridgehead atoms. The zero-order valence-electron chi connectivity index (χ0n) is 10.2. The highest BCUT2D eigenvalue weighted by atomic mass is 16.3. The molecule has 0 amide bonds. The molecular weight excluding hydrogens is 212 g/mol. The maximum absolute atomic E-state index is 10.2. The van der Waals surface area contributed by atoms with Crippen molar-refractivity contribution in [1.29, 1.82) is 0 Å². The van der Waals surface area contributed by atoms with E-state index in [4.69, 9.17) is 5.73 Å². The van der Waals surface area contributed by atoms with Crippen LogP contribution in [0.15, 0.2) is 24.3 Å². The summed E-state index contributed by atoms with van der Waals surface area (Å²) in [7, 11) is 0. The van der Waals surface area contributed by atoms with Crippen molar-refractivity contribution in [3.05, 3.63) is 29.8 Å². The van der Waals surface area contributed by atoms with Gasteiger partial charge in [0.2, 0.25) is 0 Å². The highest BCUT2D eigenvalue weighted by molar-refractivity contribution is 5.39. The molecule has 3 nitrogen and oxygen atoms in total. The Balaban J connectivity index is 1.91. The second-order valence-corrected chi connectivity index (χ2v) is 4.92. The van der Waals surface area contributed by atoms with Gasteiger partial charge in [-0.2, -0.15) is 0 Å². The van der Waals surface area contributed by atoms with Gasteiger partial charge in [0.05, 0.1) is 6.10 Å². The molecule has 0 radical (unpaired) electrons. The molecule has 0 aliphatic carbocycles.